The number of hydrogen-bond donors (Lipinski definition) is 0. The van der Waals surface area contributed by atoms with Crippen LogP contribution in [0.5, 0.6) is 0 Å². The molecular weight excluding hydrogens is 332 g/mol. The molecule has 0 aliphatic heterocycles. The molecule has 0 heterocycles. The number of Topliss-reactive ketones (excluding diaryl/α,β-unsaturated/α-hetero) is 1. The lowest BCUT2D eigenvalue weighted by atomic mass is 9.62. The zero-order valence-corrected chi connectivity index (χ0v) is 17.8. The van der Waals surface area contributed by atoms with Gasteiger partial charge in [-0.1, -0.05) is 39.8 Å². The largest absolute Gasteiger partial charge is 0.469 e. The third kappa shape index (κ3) is 4.25. The minimum Gasteiger partial charge on any atom is -0.469 e. The second-order valence-electron chi connectivity index (χ2n) is 9.30. The van der Waals surface area contributed by atoms with Gasteiger partial charge in [0.15, 0.2) is 8.32 Å². The first-order valence-corrected chi connectivity index (χ1v) is 12.3. The fraction of sp³-hybridized carbons (Fsp3) is 0.800. The van der Waals surface area contributed by atoms with E-state index in [9.17, 15) is 9.59 Å². The fourth-order valence-electron chi connectivity index (χ4n) is 3.84. The smallest absolute Gasteiger partial charge is 0.309 e. The predicted molar refractivity (Wildman–Crippen MR) is 102 cm³/mol. The number of carbonyl (C=O) groups excluding carboxylic acids is 2. The van der Waals surface area contributed by atoms with Crippen LogP contribution in [0.4, 0.5) is 0 Å². The second kappa shape index (κ2) is 7.35. The van der Waals surface area contributed by atoms with Crippen molar-refractivity contribution in [3.8, 4) is 0 Å². The van der Waals surface area contributed by atoms with E-state index in [0.717, 1.165) is 0 Å². The van der Waals surface area contributed by atoms with Crippen molar-refractivity contribution >= 4 is 20.1 Å². The van der Waals surface area contributed by atoms with Crippen molar-refractivity contribution in [2.24, 2.45) is 29.6 Å². The van der Waals surface area contributed by atoms with Gasteiger partial charge in [0, 0.05) is 18.9 Å². The molecule has 2 aliphatic carbocycles. The molecule has 0 aromatic rings. The highest BCUT2D eigenvalue weighted by molar-refractivity contribution is 6.74. The molecule has 2 aliphatic rings. The van der Waals surface area contributed by atoms with Gasteiger partial charge in [-0.25, -0.2) is 0 Å². The molecule has 2 rings (SSSR count). The minimum atomic E-state index is -1.84. The highest BCUT2D eigenvalue weighted by atomic mass is 28.4. The Balaban J connectivity index is 2.14. The van der Waals surface area contributed by atoms with Gasteiger partial charge in [0.05, 0.1) is 13.0 Å². The van der Waals surface area contributed by atoms with E-state index in [-0.39, 0.29) is 40.5 Å². The van der Waals surface area contributed by atoms with Crippen molar-refractivity contribution in [1.82, 2.24) is 0 Å². The molecule has 1 fully saturated rings. The first-order chi connectivity index (χ1) is 11.5. The van der Waals surface area contributed by atoms with Gasteiger partial charge in [-0.05, 0) is 42.3 Å². The van der Waals surface area contributed by atoms with Crippen LogP contribution in [-0.4, -0.2) is 33.8 Å². The standard InChI is InChI=1S/C20H34O4Si/c1-13-8-9-14-10-15(19(22)23-5)11-17(21)18(14)16(13)12-24-25(6,7)20(2,3)4/h8-9,13-16,18H,10-12H2,1-7H3/t13-,14-,15-,16+,18+/m1/s1. The zero-order valence-electron chi connectivity index (χ0n) is 16.8. The molecule has 0 aromatic carbocycles. The van der Waals surface area contributed by atoms with Crippen molar-refractivity contribution in [3.63, 3.8) is 0 Å². The lowest BCUT2D eigenvalue weighted by Crippen LogP contribution is -2.48. The average molecular weight is 367 g/mol. The summed E-state index contributed by atoms with van der Waals surface area (Å²) in [7, 11) is -0.447. The maximum absolute atomic E-state index is 12.9. The molecule has 5 heteroatoms. The molecule has 5 atom stereocenters. The Morgan fingerprint density at radius 1 is 1.28 bits per heavy atom. The van der Waals surface area contributed by atoms with Crippen LogP contribution in [0.2, 0.25) is 18.1 Å². The molecule has 4 nitrogen and oxygen atoms in total. The minimum absolute atomic E-state index is 0.0225. The summed E-state index contributed by atoms with van der Waals surface area (Å²) in [4.78, 5) is 24.7. The van der Waals surface area contributed by atoms with E-state index in [0.29, 0.717) is 25.4 Å². The molecule has 0 unspecified atom stereocenters. The topological polar surface area (TPSA) is 52.6 Å². The third-order valence-corrected chi connectivity index (χ3v) is 11.1. The molecule has 25 heavy (non-hydrogen) atoms. The highest BCUT2D eigenvalue weighted by Crippen LogP contribution is 2.44. The molecule has 0 bridgehead atoms. The Bertz CT molecular complexity index is 546. The highest BCUT2D eigenvalue weighted by Gasteiger charge is 2.46. The van der Waals surface area contributed by atoms with Crippen molar-refractivity contribution in [3.05, 3.63) is 12.2 Å². The van der Waals surface area contributed by atoms with Gasteiger partial charge in [0.2, 0.25) is 0 Å². The predicted octanol–water partition coefficient (Wildman–Crippen LogP) is 4.21. The number of allylic oxidation sites excluding steroid dienone is 2. The summed E-state index contributed by atoms with van der Waals surface area (Å²) < 4.78 is 11.3. The maximum atomic E-state index is 12.9. The van der Waals surface area contributed by atoms with Crippen LogP contribution in [0.3, 0.4) is 0 Å². The normalized spacial score (nSPS) is 33.1. The number of ether oxygens (including phenoxy) is 1. The van der Waals surface area contributed by atoms with E-state index < -0.39 is 8.32 Å². The number of rotatable bonds is 4. The SMILES string of the molecule is COC(=O)[C@H]1CC(=O)[C@@H]2[C@@H](CO[Si](C)(C)C(C)(C)C)[C@H](C)C=C[C@@H]2C1. The van der Waals surface area contributed by atoms with Crippen LogP contribution >= 0.6 is 0 Å². The number of methoxy groups -OCH3 is 1. The maximum Gasteiger partial charge on any atom is 0.309 e. The Hall–Kier alpha value is -0.943. The Kier molecular flexibility index (Phi) is 5.99. The average Bonchev–Trinajstić information content (AvgIpc) is 2.52. The summed E-state index contributed by atoms with van der Waals surface area (Å²) in [6, 6.07) is 0. The van der Waals surface area contributed by atoms with E-state index in [1.165, 1.54) is 7.11 Å². The van der Waals surface area contributed by atoms with E-state index in [1.54, 1.807) is 0 Å². The summed E-state index contributed by atoms with van der Waals surface area (Å²) >= 11 is 0. The Morgan fingerprint density at radius 3 is 2.48 bits per heavy atom. The van der Waals surface area contributed by atoms with Crippen LogP contribution in [0.1, 0.15) is 40.5 Å². The van der Waals surface area contributed by atoms with Gasteiger partial charge in [-0.2, -0.15) is 0 Å². The van der Waals surface area contributed by atoms with Crippen LogP contribution in [-0.2, 0) is 18.8 Å². The summed E-state index contributed by atoms with van der Waals surface area (Å²) in [5.74, 6) is 0.290. The number of ketones is 1. The van der Waals surface area contributed by atoms with Gasteiger partial charge in [-0.15, -0.1) is 0 Å². The Labute approximate surface area is 153 Å². The van der Waals surface area contributed by atoms with Crippen LogP contribution < -0.4 is 0 Å². The molecule has 0 aromatic heterocycles. The van der Waals surface area contributed by atoms with Gasteiger partial charge in [0.25, 0.3) is 0 Å². The van der Waals surface area contributed by atoms with Crippen molar-refractivity contribution < 1.29 is 18.8 Å². The van der Waals surface area contributed by atoms with Crippen LogP contribution in [0.15, 0.2) is 12.2 Å². The molecule has 0 radical (unpaired) electrons. The van der Waals surface area contributed by atoms with Crippen molar-refractivity contribution in [2.75, 3.05) is 13.7 Å². The number of carbonyl (C=O) groups is 2. The first kappa shape index (κ1) is 20.4. The first-order valence-electron chi connectivity index (χ1n) is 9.40. The van der Waals surface area contributed by atoms with Gasteiger partial charge < -0.3 is 9.16 Å². The monoisotopic (exact) mass is 366 g/mol. The molecule has 0 spiro atoms. The fourth-order valence-corrected chi connectivity index (χ4v) is 4.88. The molecule has 0 N–H and O–H groups in total. The summed E-state index contributed by atoms with van der Waals surface area (Å²) in [5.41, 5.74) is 0. The molecule has 142 valence electrons. The second-order valence-corrected chi connectivity index (χ2v) is 14.1. The number of fused-ring (bicyclic) bond motifs is 1. The third-order valence-electron chi connectivity index (χ3n) is 6.61. The van der Waals surface area contributed by atoms with Gasteiger partial charge in [0.1, 0.15) is 5.78 Å². The molecule has 0 amide bonds. The van der Waals surface area contributed by atoms with Crippen molar-refractivity contribution in [1.29, 1.82) is 0 Å². The van der Waals surface area contributed by atoms with E-state index in [4.69, 9.17) is 9.16 Å². The lowest BCUT2D eigenvalue weighted by molar-refractivity contribution is -0.151. The quantitative estimate of drug-likeness (QED) is 0.425. The van der Waals surface area contributed by atoms with Crippen molar-refractivity contribution in [2.45, 2.75) is 58.7 Å². The van der Waals surface area contributed by atoms with Gasteiger partial charge >= 0.3 is 5.97 Å². The summed E-state index contributed by atoms with van der Waals surface area (Å²) in [5, 5.41) is 0.159. The number of hydrogen-bond acceptors (Lipinski definition) is 4. The van der Waals surface area contributed by atoms with Crippen LogP contribution in [0.25, 0.3) is 0 Å². The lowest BCUT2D eigenvalue weighted by Gasteiger charge is -2.44. The Morgan fingerprint density at radius 2 is 1.92 bits per heavy atom. The summed E-state index contributed by atoms with van der Waals surface area (Å²) in [6.07, 6.45) is 5.37. The molecular formula is C20H34O4Si. The van der Waals surface area contributed by atoms with E-state index >= 15 is 0 Å². The van der Waals surface area contributed by atoms with E-state index in [1.807, 2.05) is 0 Å². The zero-order chi connectivity index (χ0) is 19.0. The van der Waals surface area contributed by atoms with E-state index in [2.05, 4.69) is 52.9 Å². The number of esters is 1. The van der Waals surface area contributed by atoms with Gasteiger partial charge in [-0.3, -0.25) is 9.59 Å². The molecule has 1 saturated carbocycles. The summed E-state index contributed by atoms with van der Waals surface area (Å²) in [6.45, 7) is 14.0. The molecule has 0 saturated heterocycles. The van der Waals surface area contributed by atoms with Crippen LogP contribution in [0, 0.1) is 29.6 Å².